The lowest BCUT2D eigenvalue weighted by molar-refractivity contribution is -0.384. The lowest BCUT2D eigenvalue weighted by Gasteiger charge is -2.23. The molecular formula is C14H17BrN2O4. The van der Waals surface area contributed by atoms with Gasteiger partial charge in [0.05, 0.1) is 10.8 Å². The first-order valence-corrected chi connectivity index (χ1v) is 7.71. The summed E-state index contributed by atoms with van der Waals surface area (Å²) in [6.45, 7) is 0. The second-order valence-corrected chi connectivity index (χ2v) is 6.17. The number of halogens is 1. The van der Waals surface area contributed by atoms with Crippen molar-refractivity contribution in [2.75, 3.05) is 5.32 Å². The molecule has 1 aliphatic carbocycles. The molecule has 1 saturated carbocycles. The van der Waals surface area contributed by atoms with Crippen molar-refractivity contribution >= 4 is 33.3 Å². The molecule has 2 rings (SSSR count). The summed E-state index contributed by atoms with van der Waals surface area (Å²) in [5.74, 6) is -1.35. The van der Waals surface area contributed by atoms with Gasteiger partial charge in [-0.05, 0) is 25.0 Å². The summed E-state index contributed by atoms with van der Waals surface area (Å²) in [6.07, 6.45) is 4.14. The summed E-state index contributed by atoms with van der Waals surface area (Å²) in [4.78, 5) is 22.0. The molecule has 7 heteroatoms. The van der Waals surface area contributed by atoms with Crippen LogP contribution in [0.3, 0.4) is 0 Å². The molecule has 1 aromatic carbocycles. The molecule has 0 heterocycles. The van der Waals surface area contributed by atoms with Crippen molar-refractivity contribution in [3.63, 3.8) is 0 Å². The first kappa shape index (κ1) is 15.8. The van der Waals surface area contributed by atoms with E-state index >= 15 is 0 Å². The molecule has 1 aliphatic rings. The van der Waals surface area contributed by atoms with Gasteiger partial charge in [0.15, 0.2) is 0 Å². The summed E-state index contributed by atoms with van der Waals surface area (Å²) in [5.41, 5.74) is 0.333. The SMILES string of the molecule is O=C(O)C1CCCCCC1Nc1cc(Br)ccc1[N+](=O)[O-]. The number of nitrogens with zero attached hydrogens (tertiary/aromatic N) is 1. The van der Waals surface area contributed by atoms with Crippen LogP contribution in [-0.2, 0) is 4.79 Å². The first-order chi connectivity index (χ1) is 9.99. The minimum absolute atomic E-state index is 0.0356. The van der Waals surface area contributed by atoms with E-state index in [9.17, 15) is 20.0 Å². The van der Waals surface area contributed by atoms with Crippen molar-refractivity contribution in [3.05, 3.63) is 32.8 Å². The molecule has 114 valence electrons. The van der Waals surface area contributed by atoms with Crippen molar-refractivity contribution in [3.8, 4) is 0 Å². The lowest BCUT2D eigenvalue weighted by atomic mass is 9.94. The van der Waals surface area contributed by atoms with Gasteiger partial charge in [-0.2, -0.15) is 0 Å². The molecule has 0 aliphatic heterocycles. The normalized spacial score (nSPS) is 22.3. The molecule has 2 unspecified atom stereocenters. The number of carboxylic acid groups (broad SMARTS) is 1. The Morgan fingerprint density at radius 1 is 1.33 bits per heavy atom. The molecule has 0 bridgehead atoms. The number of aliphatic carboxylic acids is 1. The highest BCUT2D eigenvalue weighted by molar-refractivity contribution is 9.10. The van der Waals surface area contributed by atoms with Gasteiger partial charge in [0.25, 0.3) is 5.69 Å². The number of benzene rings is 1. The van der Waals surface area contributed by atoms with Crippen molar-refractivity contribution < 1.29 is 14.8 Å². The zero-order valence-electron chi connectivity index (χ0n) is 11.4. The van der Waals surface area contributed by atoms with Crippen LogP contribution in [0.5, 0.6) is 0 Å². The average Bonchev–Trinajstić information content (AvgIpc) is 2.64. The Hall–Kier alpha value is -1.63. The number of rotatable bonds is 4. The molecule has 0 spiro atoms. The Bertz CT molecular complexity index is 550. The van der Waals surface area contributed by atoms with Gasteiger partial charge in [0.2, 0.25) is 0 Å². The molecule has 2 atom stereocenters. The summed E-state index contributed by atoms with van der Waals surface area (Å²) in [6, 6.07) is 4.37. The third-order valence-corrected chi connectivity index (χ3v) is 4.32. The van der Waals surface area contributed by atoms with Crippen LogP contribution in [-0.4, -0.2) is 22.0 Å². The summed E-state index contributed by atoms with van der Waals surface area (Å²) in [5, 5.41) is 23.5. The highest BCUT2D eigenvalue weighted by Gasteiger charge is 2.30. The predicted molar refractivity (Wildman–Crippen MR) is 82.4 cm³/mol. The largest absolute Gasteiger partial charge is 0.481 e. The molecule has 0 saturated heterocycles. The Morgan fingerprint density at radius 2 is 2.05 bits per heavy atom. The number of nitro groups is 1. The third-order valence-electron chi connectivity index (χ3n) is 3.83. The molecule has 6 nitrogen and oxygen atoms in total. The Balaban J connectivity index is 2.27. The highest BCUT2D eigenvalue weighted by Crippen LogP contribution is 2.32. The summed E-state index contributed by atoms with van der Waals surface area (Å²) >= 11 is 3.29. The number of carbonyl (C=O) groups is 1. The number of hydrogen-bond donors (Lipinski definition) is 2. The zero-order chi connectivity index (χ0) is 15.4. The maximum Gasteiger partial charge on any atom is 0.308 e. The molecule has 2 N–H and O–H groups in total. The lowest BCUT2D eigenvalue weighted by Crippen LogP contribution is -2.33. The number of carboxylic acids is 1. The van der Waals surface area contributed by atoms with Gasteiger partial charge in [-0.25, -0.2) is 0 Å². The van der Waals surface area contributed by atoms with E-state index in [-0.39, 0.29) is 11.7 Å². The van der Waals surface area contributed by atoms with E-state index in [1.54, 1.807) is 12.1 Å². The molecular weight excluding hydrogens is 340 g/mol. The van der Waals surface area contributed by atoms with E-state index in [4.69, 9.17) is 0 Å². The van der Waals surface area contributed by atoms with Crippen molar-refractivity contribution in [2.24, 2.45) is 5.92 Å². The smallest absolute Gasteiger partial charge is 0.308 e. The average molecular weight is 357 g/mol. The van der Waals surface area contributed by atoms with Crippen molar-refractivity contribution in [1.82, 2.24) is 0 Å². The molecule has 1 fully saturated rings. The molecule has 0 aromatic heterocycles. The Morgan fingerprint density at radius 3 is 2.71 bits per heavy atom. The Kier molecular flexibility index (Phi) is 5.17. The fourth-order valence-corrected chi connectivity index (χ4v) is 3.12. The summed E-state index contributed by atoms with van der Waals surface area (Å²) in [7, 11) is 0. The highest BCUT2D eigenvalue weighted by atomic mass is 79.9. The van der Waals surface area contributed by atoms with Crippen LogP contribution in [0.15, 0.2) is 22.7 Å². The van der Waals surface area contributed by atoms with Gasteiger partial charge in [0.1, 0.15) is 5.69 Å². The van der Waals surface area contributed by atoms with Gasteiger partial charge in [-0.15, -0.1) is 0 Å². The van der Waals surface area contributed by atoms with Crippen molar-refractivity contribution in [2.45, 2.75) is 38.1 Å². The second-order valence-electron chi connectivity index (χ2n) is 5.25. The molecule has 21 heavy (non-hydrogen) atoms. The predicted octanol–water partition coefficient (Wildman–Crippen LogP) is 3.80. The summed E-state index contributed by atoms with van der Waals surface area (Å²) < 4.78 is 0.719. The first-order valence-electron chi connectivity index (χ1n) is 6.92. The maximum absolute atomic E-state index is 11.4. The van der Waals surface area contributed by atoms with Crippen LogP contribution in [0.4, 0.5) is 11.4 Å². The standard InChI is InChI=1S/C14H17BrN2O4/c15-9-6-7-13(17(20)21)12(8-9)16-11-5-3-1-2-4-10(11)14(18)19/h6-8,10-11,16H,1-5H2,(H,18,19). The monoisotopic (exact) mass is 356 g/mol. The maximum atomic E-state index is 11.4. The number of nitrogens with one attached hydrogen (secondary N) is 1. The van der Waals surface area contributed by atoms with Crippen molar-refractivity contribution in [1.29, 1.82) is 0 Å². The van der Waals surface area contributed by atoms with Gasteiger partial charge in [-0.1, -0.05) is 35.2 Å². The minimum atomic E-state index is -0.841. The fourth-order valence-electron chi connectivity index (χ4n) is 2.76. The topological polar surface area (TPSA) is 92.5 Å². The number of hydrogen-bond acceptors (Lipinski definition) is 4. The number of anilines is 1. The van der Waals surface area contributed by atoms with Crippen LogP contribution < -0.4 is 5.32 Å². The van der Waals surface area contributed by atoms with E-state index in [2.05, 4.69) is 21.2 Å². The van der Waals surface area contributed by atoms with E-state index in [0.717, 1.165) is 23.7 Å². The van der Waals surface area contributed by atoms with Crippen LogP contribution in [0, 0.1) is 16.0 Å². The van der Waals surface area contributed by atoms with Gasteiger partial charge in [-0.3, -0.25) is 14.9 Å². The Labute approximate surface area is 130 Å². The van der Waals surface area contributed by atoms with Crippen LogP contribution in [0.2, 0.25) is 0 Å². The third kappa shape index (κ3) is 3.93. The van der Waals surface area contributed by atoms with E-state index < -0.39 is 16.8 Å². The van der Waals surface area contributed by atoms with E-state index in [1.165, 1.54) is 6.07 Å². The zero-order valence-corrected chi connectivity index (χ0v) is 13.0. The number of nitro benzene ring substituents is 1. The van der Waals surface area contributed by atoms with Gasteiger partial charge in [0, 0.05) is 16.6 Å². The minimum Gasteiger partial charge on any atom is -0.481 e. The molecule has 0 amide bonds. The van der Waals surface area contributed by atoms with Crippen LogP contribution in [0.25, 0.3) is 0 Å². The fraction of sp³-hybridized carbons (Fsp3) is 0.500. The van der Waals surface area contributed by atoms with E-state index in [1.807, 2.05) is 0 Å². The van der Waals surface area contributed by atoms with E-state index in [0.29, 0.717) is 18.5 Å². The molecule has 1 aromatic rings. The van der Waals surface area contributed by atoms with Crippen LogP contribution in [0.1, 0.15) is 32.1 Å². The van der Waals surface area contributed by atoms with Gasteiger partial charge < -0.3 is 10.4 Å². The molecule has 0 radical (unpaired) electrons. The van der Waals surface area contributed by atoms with Crippen LogP contribution >= 0.6 is 15.9 Å². The second kappa shape index (κ2) is 6.89. The quantitative estimate of drug-likeness (QED) is 0.486. The van der Waals surface area contributed by atoms with Gasteiger partial charge >= 0.3 is 5.97 Å².